The molecule has 0 aromatic carbocycles. The summed E-state index contributed by atoms with van der Waals surface area (Å²) >= 11 is 0. The molecule has 0 bridgehead atoms. The van der Waals surface area contributed by atoms with E-state index in [1.807, 2.05) is 17.9 Å². The summed E-state index contributed by atoms with van der Waals surface area (Å²) in [6.07, 6.45) is 0. The number of hydrogen-bond acceptors (Lipinski definition) is 5. The van der Waals surface area contributed by atoms with Gasteiger partial charge in [0.05, 0.1) is 0 Å². The van der Waals surface area contributed by atoms with Crippen molar-refractivity contribution < 1.29 is 4.79 Å². The van der Waals surface area contributed by atoms with Gasteiger partial charge in [-0.3, -0.25) is 0 Å². The lowest BCUT2D eigenvalue weighted by Gasteiger charge is -2.35. The number of urea groups is 1. The monoisotopic (exact) mass is 274 g/mol. The van der Waals surface area contributed by atoms with Crippen LogP contribution >= 0.6 is 0 Å². The molecule has 0 N–H and O–H groups in total. The van der Waals surface area contributed by atoms with Crippen LogP contribution in [0.4, 0.5) is 10.7 Å². The lowest BCUT2D eigenvalue weighted by atomic mass is 10.3. The van der Waals surface area contributed by atoms with Crippen molar-refractivity contribution in [2.24, 2.45) is 0 Å². The van der Waals surface area contributed by atoms with E-state index in [4.69, 9.17) is 5.26 Å². The van der Waals surface area contributed by atoms with Crippen LogP contribution in [-0.2, 0) is 0 Å². The van der Waals surface area contributed by atoms with Crippen molar-refractivity contribution in [1.82, 2.24) is 19.8 Å². The van der Waals surface area contributed by atoms with Crippen molar-refractivity contribution in [3.63, 3.8) is 0 Å². The predicted octanol–water partition coefficient (Wildman–Crippen LogP) is 0.460. The summed E-state index contributed by atoms with van der Waals surface area (Å²) in [4.78, 5) is 25.8. The second-order valence-corrected chi connectivity index (χ2v) is 4.96. The maximum absolute atomic E-state index is 11.9. The van der Waals surface area contributed by atoms with Gasteiger partial charge in [-0.1, -0.05) is 0 Å². The minimum Gasteiger partial charge on any atom is -0.337 e. The highest BCUT2D eigenvalue weighted by atomic mass is 16.2. The predicted molar refractivity (Wildman–Crippen MR) is 74.4 cm³/mol. The number of rotatable bonds is 1. The molecule has 0 saturated carbocycles. The highest BCUT2D eigenvalue weighted by Gasteiger charge is 2.23. The molecule has 2 amide bonds. The third kappa shape index (κ3) is 2.96. The van der Waals surface area contributed by atoms with Crippen LogP contribution in [0.1, 0.15) is 11.4 Å². The average molecular weight is 274 g/mol. The van der Waals surface area contributed by atoms with Gasteiger partial charge < -0.3 is 14.7 Å². The molecule has 20 heavy (non-hydrogen) atoms. The van der Waals surface area contributed by atoms with Crippen LogP contribution < -0.4 is 4.90 Å². The maximum Gasteiger partial charge on any atom is 0.319 e. The Kier molecular flexibility index (Phi) is 4.03. The summed E-state index contributed by atoms with van der Waals surface area (Å²) in [5, 5.41) is 8.94. The van der Waals surface area contributed by atoms with Crippen LogP contribution in [0.2, 0.25) is 0 Å². The van der Waals surface area contributed by atoms with Gasteiger partial charge in [-0.2, -0.15) is 5.26 Å². The molecule has 7 nitrogen and oxygen atoms in total. The van der Waals surface area contributed by atoms with Crippen LogP contribution in [0.15, 0.2) is 6.07 Å². The number of nitrogens with zero attached hydrogens (tertiary/aromatic N) is 6. The molecule has 1 saturated heterocycles. The summed E-state index contributed by atoms with van der Waals surface area (Å²) in [5.41, 5.74) is 1.15. The second kappa shape index (κ2) is 5.74. The minimum atomic E-state index is 0.0209. The van der Waals surface area contributed by atoms with Gasteiger partial charge in [0.15, 0.2) is 0 Å². The molecule has 1 aromatic rings. The Bertz CT molecular complexity index is 542. The number of nitriles is 1. The topological polar surface area (TPSA) is 76.4 Å². The fourth-order valence-corrected chi connectivity index (χ4v) is 2.13. The van der Waals surface area contributed by atoms with E-state index in [2.05, 4.69) is 9.97 Å². The molecule has 1 aromatic heterocycles. The first-order chi connectivity index (χ1) is 9.51. The summed E-state index contributed by atoms with van der Waals surface area (Å²) in [6, 6.07) is 3.72. The number of carbonyl (C=O) groups excluding carboxylic acids is 1. The van der Waals surface area contributed by atoms with Crippen molar-refractivity contribution in [2.45, 2.75) is 6.92 Å². The highest BCUT2D eigenvalue weighted by Crippen LogP contribution is 2.13. The van der Waals surface area contributed by atoms with Gasteiger partial charge in [-0.15, -0.1) is 0 Å². The van der Waals surface area contributed by atoms with Crippen LogP contribution in [0.25, 0.3) is 0 Å². The first kappa shape index (κ1) is 14.1. The molecule has 106 valence electrons. The summed E-state index contributed by atoms with van der Waals surface area (Å²) in [7, 11) is 3.50. The molecule has 1 aliphatic heterocycles. The van der Waals surface area contributed by atoms with Crippen molar-refractivity contribution in [3.8, 4) is 6.07 Å². The molecule has 1 fully saturated rings. The normalized spacial score (nSPS) is 14.9. The SMILES string of the molecule is Cc1cc(C#N)nc(N2CCN(C(=O)N(C)C)CC2)n1. The standard InChI is InChI=1S/C13H18N6O/c1-10-8-11(9-14)16-12(15-10)18-4-6-19(7-5-18)13(20)17(2)3/h8H,4-7H2,1-3H3. The van der Waals surface area contributed by atoms with E-state index in [-0.39, 0.29) is 6.03 Å². The van der Waals surface area contributed by atoms with Crippen molar-refractivity contribution in [2.75, 3.05) is 45.2 Å². The van der Waals surface area contributed by atoms with Gasteiger partial charge in [0.25, 0.3) is 0 Å². The van der Waals surface area contributed by atoms with Crippen LogP contribution in [0, 0.1) is 18.3 Å². The Labute approximate surface area is 118 Å². The van der Waals surface area contributed by atoms with Gasteiger partial charge in [-0.25, -0.2) is 14.8 Å². The molecular weight excluding hydrogens is 256 g/mol. The van der Waals surface area contributed by atoms with Crippen LogP contribution in [-0.4, -0.2) is 66.1 Å². The van der Waals surface area contributed by atoms with Gasteiger partial charge in [0.1, 0.15) is 11.8 Å². The molecule has 0 spiro atoms. The lowest BCUT2D eigenvalue weighted by molar-refractivity contribution is 0.167. The van der Waals surface area contributed by atoms with E-state index in [9.17, 15) is 4.79 Å². The van der Waals surface area contributed by atoms with Crippen LogP contribution in [0.3, 0.4) is 0 Å². The van der Waals surface area contributed by atoms with Crippen molar-refractivity contribution >= 4 is 12.0 Å². The lowest BCUT2D eigenvalue weighted by Crippen LogP contribution is -2.51. The molecule has 1 aliphatic rings. The minimum absolute atomic E-state index is 0.0209. The highest BCUT2D eigenvalue weighted by molar-refractivity contribution is 5.74. The van der Waals surface area contributed by atoms with Gasteiger partial charge in [0, 0.05) is 46.0 Å². The summed E-state index contributed by atoms with van der Waals surface area (Å²) in [6.45, 7) is 4.46. The Morgan fingerprint density at radius 1 is 1.30 bits per heavy atom. The zero-order valence-electron chi connectivity index (χ0n) is 12.0. The smallest absolute Gasteiger partial charge is 0.319 e. The molecule has 0 aliphatic carbocycles. The van der Waals surface area contributed by atoms with E-state index in [0.29, 0.717) is 37.8 Å². The van der Waals surface area contributed by atoms with Crippen molar-refractivity contribution in [1.29, 1.82) is 5.26 Å². The molecule has 0 unspecified atom stereocenters. The number of amides is 2. The fourth-order valence-electron chi connectivity index (χ4n) is 2.13. The molecule has 2 heterocycles. The van der Waals surface area contributed by atoms with Gasteiger partial charge in [-0.05, 0) is 13.0 Å². The quantitative estimate of drug-likeness (QED) is 0.743. The van der Waals surface area contributed by atoms with E-state index < -0.39 is 0 Å². The van der Waals surface area contributed by atoms with E-state index in [0.717, 1.165) is 5.69 Å². The summed E-state index contributed by atoms with van der Waals surface area (Å²) < 4.78 is 0. The fraction of sp³-hybridized carbons (Fsp3) is 0.538. The van der Waals surface area contributed by atoms with E-state index >= 15 is 0 Å². The Morgan fingerprint density at radius 2 is 1.95 bits per heavy atom. The first-order valence-electron chi connectivity index (χ1n) is 6.48. The number of aromatic nitrogens is 2. The van der Waals surface area contributed by atoms with Gasteiger partial charge >= 0.3 is 6.03 Å². The Morgan fingerprint density at radius 3 is 2.50 bits per heavy atom. The second-order valence-electron chi connectivity index (χ2n) is 4.96. The average Bonchev–Trinajstić information content (AvgIpc) is 2.45. The van der Waals surface area contributed by atoms with Crippen LogP contribution in [0.5, 0.6) is 0 Å². The maximum atomic E-state index is 11.9. The zero-order valence-corrected chi connectivity index (χ0v) is 12.0. The first-order valence-corrected chi connectivity index (χ1v) is 6.48. The molecule has 0 radical (unpaired) electrons. The number of aryl methyl sites for hydroxylation is 1. The van der Waals surface area contributed by atoms with Crippen molar-refractivity contribution in [3.05, 3.63) is 17.5 Å². The number of piperazine rings is 1. The largest absolute Gasteiger partial charge is 0.337 e. The molecule has 7 heteroatoms. The summed E-state index contributed by atoms with van der Waals surface area (Å²) in [5.74, 6) is 0.568. The molecular formula is C13H18N6O. The third-order valence-corrected chi connectivity index (χ3v) is 3.17. The molecule has 2 rings (SSSR count). The zero-order chi connectivity index (χ0) is 14.7. The van der Waals surface area contributed by atoms with E-state index in [1.165, 1.54) is 0 Å². The Hall–Kier alpha value is -2.36. The third-order valence-electron chi connectivity index (χ3n) is 3.17. The van der Waals surface area contributed by atoms with Gasteiger partial charge in [0.2, 0.25) is 5.95 Å². The molecule has 0 atom stereocenters. The number of hydrogen-bond donors (Lipinski definition) is 0. The van der Waals surface area contributed by atoms with E-state index in [1.54, 1.807) is 30.0 Å². The Balaban J connectivity index is 2.06. The number of carbonyl (C=O) groups is 1. The number of anilines is 1.